The van der Waals surface area contributed by atoms with Crippen LogP contribution in [0, 0.1) is 5.92 Å². The van der Waals surface area contributed by atoms with Crippen LogP contribution in [0.4, 0.5) is 0 Å². The topological polar surface area (TPSA) is 80.3 Å². The molecule has 0 bridgehead atoms. The Bertz CT molecular complexity index is 1290. The zero-order chi connectivity index (χ0) is 24.0. The van der Waals surface area contributed by atoms with Gasteiger partial charge in [-0.25, -0.2) is 0 Å². The molecule has 1 fully saturated rings. The fourth-order valence-corrected chi connectivity index (χ4v) is 4.88. The minimum Gasteiger partial charge on any atom is -0.493 e. The van der Waals surface area contributed by atoms with E-state index in [9.17, 15) is 4.79 Å². The number of carbonyl (C=O) groups excluding carboxylic acids is 1. The van der Waals surface area contributed by atoms with Crippen LogP contribution in [0.25, 0.3) is 10.9 Å². The fourth-order valence-electron chi connectivity index (χ4n) is 4.88. The van der Waals surface area contributed by atoms with Gasteiger partial charge in [0, 0.05) is 24.7 Å². The quantitative estimate of drug-likeness (QED) is 0.410. The van der Waals surface area contributed by atoms with Crippen molar-refractivity contribution in [3.05, 3.63) is 83.8 Å². The Morgan fingerprint density at radius 1 is 1.09 bits per heavy atom. The first-order valence-electron chi connectivity index (χ1n) is 12.1. The molecule has 1 aliphatic rings. The highest BCUT2D eigenvalue weighted by Crippen LogP contribution is 2.34. The standard InChI is InChI=1S/C28H30N4O3/c1-34-26-12-5-10-23(27(26)35-19-22-9-2-3-14-29-22)28(33)32-15-6-7-20(13-16-32)17-21-8-4-11-25-24(21)18-30-31-25/h2-5,8-12,14,18,20H,6-7,13,15-17,19H2,1H3,(H,30,31). The van der Waals surface area contributed by atoms with Crippen molar-refractivity contribution in [1.82, 2.24) is 20.1 Å². The van der Waals surface area contributed by atoms with Crippen LogP contribution in [-0.2, 0) is 13.0 Å². The molecule has 7 nitrogen and oxygen atoms in total. The van der Waals surface area contributed by atoms with E-state index in [1.54, 1.807) is 13.3 Å². The predicted octanol–water partition coefficient (Wildman–Crippen LogP) is 5.03. The number of rotatable bonds is 7. The van der Waals surface area contributed by atoms with Gasteiger partial charge in [0.2, 0.25) is 0 Å². The lowest BCUT2D eigenvalue weighted by Crippen LogP contribution is -2.32. The third-order valence-electron chi connectivity index (χ3n) is 6.74. The van der Waals surface area contributed by atoms with Crippen LogP contribution in [-0.4, -0.2) is 46.2 Å². The summed E-state index contributed by atoms with van der Waals surface area (Å²) in [5, 5.41) is 8.44. The molecule has 0 radical (unpaired) electrons. The molecule has 0 aliphatic carbocycles. The summed E-state index contributed by atoms with van der Waals surface area (Å²) in [7, 11) is 1.59. The largest absolute Gasteiger partial charge is 0.493 e. The SMILES string of the molecule is COc1cccc(C(=O)N2CCCC(Cc3cccc4[nH]ncc34)CC2)c1OCc1ccccn1. The van der Waals surface area contributed by atoms with Gasteiger partial charge in [-0.2, -0.15) is 5.10 Å². The first-order chi connectivity index (χ1) is 17.2. The molecule has 5 rings (SSSR count). The number of benzene rings is 2. The summed E-state index contributed by atoms with van der Waals surface area (Å²) in [4.78, 5) is 19.9. The minimum atomic E-state index is -0.0162. The molecule has 0 saturated carbocycles. The zero-order valence-electron chi connectivity index (χ0n) is 19.9. The van der Waals surface area contributed by atoms with E-state index in [1.165, 1.54) is 10.9 Å². The van der Waals surface area contributed by atoms with Crippen molar-refractivity contribution in [2.45, 2.75) is 32.3 Å². The summed E-state index contributed by atoms with van der Waals surface area (Å²) in [5.74, 6) is 1.53. The highest BCUT2D eigenvalue weighted by Gasteiger charge is 2.26. The summed E-state index contributed by atoms with van der Waals surface area (Å²) in [6, 6.07) is 17.5. The Morgan fingerprint density at radius 3 is 2.86 bits per heavy atom. The first-order valence-corrected chi connectivity index (χ1v) is 12.1. The molecule has 1 atom stereocenters. The summed E-state index contributed by atoms with van der Waals surface area (Å²) in [6.07, 6.45) is 7.68. The van der Waals surface area contributed by atoms with Crippen LogP contribution >= 0.6 is 0 Å². The zero-order valence-corrected chi connectivity index (χ0v) is 19.9. The van der Waals surface area contributed by atoms with Gasteiger partial charge in [-0.15, -0.1) is 0 Å². The van der Waals surface area contributed by atoms with E-state index >= 15 is 0 Å². The molecule has 3 heterocycles. The monoisotopic (exact) mass is 470 g/mol. The average molecular weight is 471 g/mol. The maximum absolute atomic E-state index is 13.6. The van der Waals surface area contributed by atoms with Gasteiger partial charge in [0.25, 0.3) is 5.91 Å². The number of fused-ring (bicyclic) bond motifs is 1. The van der Waals surface area contributed by atoms with Gasteiger partial charge >= 0.3 is 0 Å². The van der Waals surface area contributed by atoms with E-state index in [1.807, 2.05) is 47.5 Å². The van der Waals surface area contributed by atoms with Crippen LogP contribution < -0.4 is 9.47 Å². The van der Waals surface area contributed by atoms with Crippen molar-refractivity contribution in [2.24, 2.45) is 5.92 Å². The lowest BCUT2D eigenvalue weighted by molar-refractivity contribution is 0.0754. The number of ether oxygens (including phenoxy) is 2. The summed E-state index contributed by atoms with van der Waals surface area (Å²) in [5.41, 5.74) is 3.71. The van der Waals surface area contributed by atoms with Crippen molar-refractivity contribution in [3.8, 4) is 11.5 Å². The Labute approximate surface area is 205 Å². The molecular formula is C28H30N4O3. The van der Waals surface area contributed by atoms with Crippen molar-refractivity contribution in [1.29, 1.82) is 0 Å². The number of aromatic nitrogens is 3. The first kappa shape index (κ1) is 22.9. The highest BCUT2D eigenvalue weighted by atomic mass is 16.5. The summed E-state index contributed by atoms with van der Waals surface area (Å²) >= 11 is 0. The second-order valence-corrected chi connectivity index (χ2v) is 8.99. The van der Waals surface area contributed by atoms with Gasteiger partial charge < -0.3 is 14.4 Å². The van der Waals surface area contributed by atoms with Crippen molar-refractivity contribution >= 4 is 16.8 Å². The maximum Gasteiger partial charge on any atom is 0.257 e. The number of hydrogen-bond donors (Lipinski definition) is 1. The van der Waals surface area contributed by atoms with Crippen LogP contribution in [0.3, 0.4) is 0 Å². The Hall–Kier alpha value is -3.87. The minimum absolute atomic E-state index is 0.0162. The second kappa shape index (κ2) is 10.6. The van der Waals surface area contributed by atoms with E-state index < -0.39 is 0 Å². The molecule has 180 valence electrons. The number of hydrogen-bond acceptors (Lipinski definition) is 5. The number of methoxy groups -OCH3 is 1. The Balaban J connectivity index is 1.29. The molecule has 7 heteroatoms. The van der Waals surface area contributed by atoms with Gasteiger partial charge in [0.1, 0.15) is 6.61 Å². The molecule has 2 aromatic heterocycles. The lowest BCUT2D eigenvalue weighted by atomic mass is 9.91. The number of amides is 1. The van der Waals surface area contributed by atoms with Gasteiger partial charge in [-0.05, 0) is 67.5 Å². The molecule has 35 heavy (non-hydrogen) atoms. The van der Waals surface area contributed by atoms with E-state index in [2.05, 4.69) is 33.4 Å². The molecule has 1 amide bonds. The van der Waals surface area contributed by atoms with Crippen molar-refractivity contribution in [3.63, 3.8) is 0 Å². The second-order valence-electron chi connectivity index (χ2n) is 8.99. The number of likely N-dealkylation sites (tertiary alicyclic amines) is 1. The van der Waals surface area contributed by atoms with E-state index in [0.717, 1.165) is 50.0 Å². The number of para-hydroxylation sites is 1. The number of H-pyrrole nitrogens is 1. The van der Waals surface area contributed by atoms with Gasteiger partial charge in [0.05, 0.1) is 30.1 Å². The predicted molar refractivity (Wildman–Crippen MR) is 135 cm³/mol. The van der Waals surface area contributed by atoms with E-state index in [4.69, 9.17) is 9.47 Å². The molecule has 0 spiro atoms. The number of carbonyl (C=O) groups is 1. The molecular weight excluding hydrogens is 440 g/mol. The normalized spacial score (nSPS) is 16.1. The molecule has 1 N–H and O–H groups in total. The van der Waals surface area contributed by atoms with Crippen LogP contribution in [0.15, 0.2) is 67.0 Å². The third kappa shape index (κ3) is 5.14. The molecule has 2 aromatic carbocycles. The molecule has 4 aromatic rings. The summed E-state index contributed by atoms with van der Waals surface area (Å²) in [6.45, 7) is 1.73. The number of aromatic amines is 1. The number of pyridine rings is 1. The third-order valence-corrected chi connectivity index (χ3v) is 6.74. The van der Waals surface area contributed by atoms with E-state index in [-0.39, 0.29) is 12.5 Å². The smallest absolute Gasteiger partial charge is 0.257 e. The Kier molecular flexibility index (Phi) is 6.93. The summed E-state index contributed by atoms with van der Waals surface area (Å²) < 4.78 is 11.6. The van der Waals surface area contributed by atoms with Crippen LogP contribution in [0.5, 0.6) is 11.5 Å². The lowest BCUT2D eigenvalue weighted by Gasteiger charge is -2.23. The fraction of sp³-hybridized carbons (Fsp3) is 0.321. The molecule has 1 saturated heterocycles. The number of nitrogens with one attached hydrogen (secondary N) is 1. The maximum atomic E-state index is 13.6. The van der Waals surface area contributed by atoms with Gasteiger partial charge in [-0.1, -0.05) is 24.3 Å². The van der Waals surface area contributed by atoms with E-state index in [0.29, 0.717) is 23.0 Å². The molecule has 1 unspecified atom stereocenters. The Morgan fingerprint density at radius 2 is 2.00 bits per heavy atom. The molecule has 1 aliphatic heterocycles. The van der Waals surface area contributed by atoms with Crippen LogP contribution in [0.1, 0.15) is 40.9 Å². The van der Waals surface area contributed by atoms with Crippen molar-refractivity contribution in [2.75, 3.05) is 20.2 Å². The average Bonchev–Trinajstić information content (AvgIpc) is 3.27. The van der Waals surface area contributed by atoms with Crippen LogP contribution in [0.2, 0.25) is 0 Å². The van der Waals surface area contributed by atoms with Gasteiger partial charge in [0.15, 0.2) is 11.5 Å². The highest BCUT2D eigenvalue weighted by molar-refractivity contribution is 5.97. The number of nitrogens with zero attached hydrogens (tertiary/aromatic N) is 3. The van der Waals surface area contributed by atoms with Crippen molar-refractivity contribution < 1.29 is 14.3 Å². The van der Waals surface area contributed by atoms with Gasteiger partial charge in [-0.3, -0.25) is 14.9 Å².